The minimum atomic E-state index is -0.762. The monoisotopic (exact) mass is 849 g/mol. The molecule has 0 rings (SSSR count). The van der Waals surface area contributed by atoms with Gasteiger partial charge in [0.15, 0.2) is 6.10 Å². The molecular formula is C54H104O6. The molecule has 0 bridgehead atoms. The fraction of sp³-hybridized carbons (Fsp3) is 0.944. The fourth-order valence-corrected chi connectivity index (χ4v) is 8.13. The van der Waals surface area contributed by atoms with Crippen LogP contribution in [0.4, 0.5) is 0 Å². The molecule has 0 amide bonds. The van der Waals surface area contributed by atoms with Crippen molar-refractivity contribution in [1.82, 2.24) is 0 Å². The van der Waals surface area contributed by atoms with E-state index in [4.69, 9.17) is 14.2 Å². The minimum absolute atomic E-state index is 0.0646. The molecule has 0 aliphatic rings. The Labute approximate surface area is 374 Å². The summed E-state index contributed by atoms with van der Waals surface area (Å²) in [7, 11) is 0. The molecule has 0 aliphatic heterocycles. The van der Waals surface area contributed by atoms with Gasteiger partial charge in [0.1, 0.15) is 13.2 Å². The molecule has 0 aromatic heterocycles. The van der Waals surface area contributed by atoms with Gasteiger partial charge in [-0.1, -0.05) is 259 Å². The molecule has 1 unspecified atom stereocenters. The summed E-state index contributed by atoms with van der Waals surface area (Å²) in [4.78, 5) is 37.9. The van der Waals surface area contributed by atoms with Crippen molar-refractivity contribution in [3.63, 3.8) is 0 Å². The van der Waals surface area contributed by atoms with Gasteiger partial charge in [0.05, 0.1) is 0 Å². The first-order valence-electron chi connectivity index (χ1n) is 26.8. The zero-order valence-corrected chi connectivity index (χ0v) is 41.1. The Morgan fingerprint density at radius 1 is 0.350 bits per heavy atom. The number of rotatable bonds is 48. The Hall–Kier alpha value is -1.59. The molecule has 0 heterocycles. The summed E-state index contributed by atoms with van der Waals surface area (Å²) >= 11 is 0. The molecule has 60 heavy (non-hydrogen) atoms. The zero-order valence-electron chi connectivity index (χ0n) is 41.1. The Morgan fingerprint density at radius 2 is 0.633 bits per heavy atom. The molecule has 6 heteroatoms. The average molecular weight is 849 g/mol. The first-order chi connectivity index (χ1) is 29.3. The van der Waals surface area contributed by atoms with Crippen molar-refractivity contribution in [2.24, 2.45) is 11.8 Å². The van der Waals surface area contributed by atoms with Gasteiger partial charge in [-0.2, -0.15) is 0 Å². The summed E-state index contributed by atoms with van der Waals surface area (Å²) in [5.41, 5.74) is 0. The van der Waals surface area contributed by atoms with Gasteiger partial charge in [0.2, 0.25) is 0 Å². The van der Waals surface area contributed by atoms with Crippen LogP contribution in [0.15, 0.2) is 0 Å². The normalized spacial score (nSPS) is 12.5. The standard InChI is InChI=1S/C54H104O6/c1-6-8-9-10-11-12-13-14-15-16-17-18-19-20-21-26-29-36-41-46-54(57)60-51(48-59-53(56)45-40-35-31-30-33-38-43-50(5)7-2)47-58-52(55)44-39-34-28-25-23-22-24-27-32-37-42-49(3)4/h49-51H,6-48H2,1-5H3/t50?,51-/m0/s1. The van der Waals surface area contributed by atoms with E-state index in [2.05, 4.69) is 34.6 Å². The van der Waals surface area contributed by atoms with Crippen LogP contribution in [0.1, 0.15) is 298 Å². The van der Waals surface area contributed by atoms with Gasteiger partial charge < -0.3 is 14.2 Å². The summed E-state index contributed by atoms with van der Waals surface area (Å²) in [6, 6.07) is 0. The van der Waals surface area contributed by atoms with E-state index in [9.17, 15) is 14.4 Å². The number of unbranched alkanes of at least 4 members (excludes halogenated alkanes) is 32. The maximum Gasteiger partial charge on any atom is 0.306 e. The van der Waals surface area contributed by atoms with E-state index in [-0.39, 0.29) is 31.1 Å². The largest absolute Gasteiger partial charge is 0.462 e. The summed E-state index contributed by atoms with van der Waals surface area (Å²) in [6.45, 7) is 11.3. The average Bonchev–Trinajstić information content (AvgIpc) is 3.23. The summed E-state index contributed by atoms with van der Waals surface area (Å²) in [6.07, 6.45) is 48.1. The quantitative estimate of drug-likeness (QED) is 0.0345. The third-order valence-electron chi connectivity index (χ3n) is 12.6. The Balaban J connectivity index is 4.26. The number of esters is 3. The molecule has 0 spiro atoms. The topological polar surface area (TPSA) is 78.9 Å². The van der Waals surface area contributed by atoms with Gasteiger partial charge in [-0.15, -0.1) is 0 Å². The van der Waals surface area contributed by atoms with Crippen molar-refractivity contribution in [3.05, 3.63) is 0 Å². The van der Waals surface area contributed by atoms with Crippen LogP contribution < -0.4 is 0 Å². The maximum absolute atomic E-state index is 12.8. The van der Waals surface area contributed by atoms with E-state index in [1.54, 1.807) is 0 Å². The van der Waals surface area contributed by atoms with E-state index in [0.29, 0.717) is 19.3 Å². The van der Waals surface area contributed by atoms with Gasteiger partial charge in [0.25, 0.3) is 0 Å². The van der Waals surface area contributed by atoms with E-state index in [1.807, 2.05) is 0 Å². The maximum atomic E-state index is 12.8. The van der Waals surface area contributed by atoms with Crippen LogP contribution in [-0.4, -0.2) is 37.2 Å². The van der Waals surface area contributed by atoms with Gasteiger partial charge in [-0.25, -0.2) is 0 Å². The number of hydrogen-bond acceptors (Lipinski definition) is 6. The molecule has 0 aromatic rings. The highest BCUT2D eigenvalue weighted by Crippen LogP contribution is 2.18. The number of carbonyl (C=O) groups excluding carboxylic acids is 3. The zero-order chi connectivity index (χ0) is 44.0. The number of carbonyl (C=O) groups is 3. The van der Waals surface area contributed by atoms with Crippen LogP contribution in [-0.2, 0) is 28.6 Å². The molecule has 0 saturated heterocycles. The smallest absolute Gasteiger partial charge is 0.306 e. The van der Waals surface area contributed by atoms with Crippen LogP contribution >= 0.6 is 0 Å². The first-order valence-corrected chi connectivity index (χ1v) is 26.8. The Morgan fingerprint density at radius 3 is 0.950 bits per heavy atom. The van der Waals surface area contributed by atoms with E-state index in [0.717, 1.165) is 69.6 Å². The molecule has 0 fully saturated rings. The van der Waals surface area contributed by atoms with E-state index in [1.165, 1.54) is 186 Å². The molecule has 0 radical (unpaired) electrons. The van der Waals surface area contributed by atoms with Crippen molar-refractivity contribution in [2.45, 2.75) is 304 Å². The van der Waals surface area contributed by atoms with Crippen molar-refractivity contribution in [1.29, 1.82) is 0 Å². The molecule has 2 atom stereocenters. The summed E-state index contributed by atoms with van der Waals surface area (Å²) in [5, 5.41) is 0. The van der Waals surface area contributed by atoms with Gasteiger partial charge in [0, 0.05) is 19.3 Å². The number of ether oxygens (including phenoxy) is 3. The molecule has 0 aliphatic carbocycles. The predicted molar refractivity (Wildman–Crippen MR) is 256 cm³/mol. The van der Waals surface area contributed by atoms with Gasteiger partial charge in [-0.3, -0.25) is 14.4 Å². The highest BCUT2D eigenvalue weighted by atomic mass is 16.6. The molecular weight excluding hydrogens is 745 g/mol. The summed E-state index contributed by atoms with van der Waals surface area (Å²) < 4.78 is 16.8. The Kier molecular flexibility index (Phi) is 45.7. The lowest BCUT2D eigenvalue weighted by molar-refractivity contribution is -0.167. The Bertz CT molecular complexity index is 918. The summed E-state index contributed by atoms with van der Waals surface area (Å²) in [5.74, 6) is 0.782. The van der Waals surface area contributed by atoms with Gasteiger partial charge >= 0.3 is 17.9 Å². The SMILES string of the molecule is CCCCCCCCCCCCCCCCCCCCCC(=O)O[C@@H](COC(=O)CCCCCCCCCCCCC(C)C)COC(=O)CCCCCCCCC(C)CC. The van der Waals surface area contributed by atoms with Gasteiger partial charge in [-0.05, 0) is 31.1 Å². The third-order valence-corrected chi connectivity index (χ3v) is 12.6. The van der Waals surface area contributed by atoms with E-state index < -0.39 is 6.10 Å². The highest BCUT2D eigenvalue weighted by molar-refractivity contribution is 5.71. The van der Waals surface area contributed by atoms with Crippen LogP contribution in [0, 0.1) is 11.8 Å². The second kappa shape index (κ2) is 46.9. The second-order valence-electron chi connectivity index (χ2n) is 19.2. The lowest BCUT2D eigenvalue weighted by Crippen LogP contribution is -2.30. The highest BCUT2D eigenvalue weighted by Gasteiger charge is 2.19. The van der Waals surface area contributed by atoms with Crippen molar-refractivity contribution in [3.8, 4) is 0 Å². The van der Waals surface area contributed by atoms with Crippen LogP contribution in [0.25, 0.3) is 0 Å². The molecule has 6 nitrogen and oxygen atoms in total. The number of hydrogen-bond donors (Lipinski definition) is 0. The van der Waals surface area contributed by atoms with Crippen molar-refractivity contribution >= 4 is 17.9 Å². The molecule has 0 aromatic carbocycles. The lowest BCUT2D eigenvalue weighted by atomic mass is 10.00. The molecule has 356 valence electrons. The second-order valence-corrected chi connectivity index (χ2v) is 19.2. The molecule has 0 saturated carbocycles. The first kappa shape index (κ1) is 58.4. The van der Waals surface area contributed by atoms with Crippen molar-refractivity contribution < 1.29 is 28.6 Å². The van der Waals surface area contributed by atoms with Crippen LogP contribution in [0.5, 0.6) is 0 Å². The minimum Gasteiger partial charge on any atom is -0.462 e. The third kappa shape index (κ3) is 45.9. The van der Waals surface area contributed by atoms with Crippen LogP contribution in [0.3, 0.4) is 0 Å². The lowest BCUT2D eigenvalue weighted by Gasteiger charge is -2.18. The van der Waals surface area contributed by atoms with E-state index >= 15 is 0 Å². The fourth-order valence-electron chi connectivity index (χ4n) is 8.13. The molecule has 0 N–H and O–H groups in total. The van der Waals surface area contributed by atoms with Crippen molar-refractivity contribution in [2.75, 3.05) is 13.2 Å². The predicted octanol–water partition coefficient (Wildman–Crippen LogP) is 17.3. The van der Waals surface area contributed by atoms with Crippen LogP contribution in [0.2, 0.25) is 0 Å².